The van der Waals surface area contributed by atoms with Gasteiger partial charge in [0.2, 0.25) is 10.0 Å². The molecule has 0 spiro atoms. The first-order valence-electron chi connectivity index (χ1n) is 9.00. The number of carbonyl (C=O) groups excluding carboxylic acids is 2. The van der Waals surface area contributed by atoms with E-state index in [1.54, 1.807) is 0 Å². The molecule has 0 atom stereocenters. The van der Waals surface area contributed by atoms with E-state index < -0.39 is 22.0 Å². The van der Waals surface area contributed by atoms with Gasteiger partial charge in [0.1, 0.15) is 5.75 Å². The van der Waals surface area contributed by atoms with Gasteiger partial charge in [-0.2, -0.15) is 4.31 Å². The van der Waals surface area contributed by atoms with Gasteiger partial charge >= 0.3 is 11.9 Å². The van der Waals surface area contributed by atoms with Crippen molar-refractivity contribution in [3.8, 4) is 5.75 Å². The van der Waals surface area contributed by atoms with Crippen LogP contribution in [-0.4, -0.2) is 69.9 Å². The molecule has 1 aliphatic rings. The van der Waals surface area contributed by atoms with Gasteiger partial charge in [-0.15, -0.1) is 0 Å². The first-order valence-corrected chi connectivity index (χ1v) is 10.4. The lowest BCUT2D eigenvalue weighted by Crippen LogP contribution is -2.47. The summed E-state index contributed by atoms with van der Waals surface area (Å²) in [6.45, 7) is 2.12. The smallest absolute Gasteiger partial charge is 0.343 e. The minimum absolute atomic E-state index is 0.0533. The Morgan fingerprint density at radius 1 is 0.897 bits per heavy atom. The van der Waals surface area contributed by atoms with Crippen molar-refractivity contribution in [1.82, 2.24) is 9.21 Å². The van der Waals surface area contributed by atoms with Gasteiger partial charge in [0.15, 0.2) is 0 Å². The zero-order valence-corrected chi connectivity index (χ0v) is 17.0. The number of nitrogens with zero attached hydrogens (tertiary/aromatic N) is 2. The Kier molecular flexibility index (Phi) is 6.31. The molecule has 2 aromatic carbocycles. The van der Waals surface area contributed by atoms with Crippen molar-refractivity contribution in [1.29, 1.82) is 0 Å². The number of carbonyl (C=O) groups is 2. The third-order valence-electron chi connectivity index (χ3n) is 4.66. The highest BCUT2D eigenvalue weighted by atomic mass is 32.2. The number of sulfonamides is 1. The molecule has 0 radical (unpaired) electrons. The van der Waals surface area contributed by atoms with Crippen molar-refractivity contribution in [3.05, 3.63) is 59.7 Å². The van der Waals surface area contributed by atoms with Gasteiger partial charge in [-0.25, -0.2) is 18.0 Å². The number of esters is 2. The van der Waals surface area contributed by atoms with Crippen LogP contribution in [0.4, 0.5) is 0 Å². The summed E-state index contributed by atoms with van der Waals surface area (Å²) in [4.78, 5) is 26.0. The highest BCUT2D eigenvalue weighted by molar-refractivity contribution is 7.89. The van der Waals surface area contributed by atoms with Crippen LogP contribution in [0, 0.1) is 0 Å². The highest BCUT2D eigenvalue weighted by Gasteiger charge is 2.28. The number of piperazine rings is 1. The molecule has 0 unspecified atom stereocenters. The topological polar surface area (TPSA) is 93.2 Å². The lowest BCUT2D eigenvalue weighted by Gasteiger charge is -2.31. The van der Waals surface area contributed by atoms with Gasteiger partial charge < -0.3 is 14.4 Å². The maximum absolute atomic E-state index is 12.9. The first-order chi connectivity index (χ1) is 13.8. The lowest BCUT2D eigenvalue weighted by molar-refractivity contribution is 0.0600. The SMILES string of the molecule is COC(=O)c1ccc(OC(=O)c2cccc(S(=O)(=O)N3CCN(C)CC3)c2)cc1. The van der Waals surface area contributed by atoms with Gasteiger partial charge in [0, 0.05) is 26.2 Å². The van der Waals surface area contributed by atoms with E-state index in [0.29, 0.717) is 31.7 Å². The summed E-state index contributed by atoms with van der Waals surface area (Å²) >= 11 is 0. The fourth-order valence-corrected chi connectivity index (χ4v) is 4.37. The minimum atomic E-state index is -3.68. The van der Waals surface area contributed by atoms with Gasteiger partial charge in [-0.05, 0) is 49.5 Å². The summed E-state index contributed by atoms with van der Waals surface area (Å²) in [5.41, 5.74) is 0.449. The molecule has 0 amide bonds. The predicted molar refractivity (Wildman–Crippen MR) is 105 cm³/mol. The van der Waals surface area contributed by atoms with Crippen LogP contribution in [0.1, 0.15) is 20.7 Å². The van der Waals surface area contributed by atoms with Gasteiger partial charge in [-0.1, -0.05) is 6.07 Å². The molecule has 1 fully saturated rings. The van der Waals surface area contributed by atoms with Crippen LogP contribution in [-0.2, 0) is 14.8 Å². The van der Waals surface area contributed by atoms with E-state index in [1.807, 2.05) is 7.05 Å². The van der Waals surface area contributed by atoms with Crippen LogP contribution in [0.5, 0.6) is 5.75 Å². The number of rotatable bonds is 5. The van der Waals surface area contributed by atoms with E-state index in [2.05, 4.69) is 9.64 Å². The molecule has 29 heavy (non-hydrogen) atoms. The van der Waals surface area contributed by atoms with E-state index in [-0.39, 0.29) is 16.2 Å². The largest absolute Gasteiger partial charge is 0.465 e. The van der Waals surface area contributed by atoms with Crippen molar-refractivity contribution in [3.63, 3.8) is 0 Å². The third-order valence-corrected chi connectivity index (χ3v) is 6.55. The Morgan fingerprint density at radius 3 is 2.17 bits per heavy atom. The van der Waals surface area contributed by atoms with Crippen LogP contribution in [0.3, 0.4) is 0 Å². The summed E-state index contributed by atoms with van der Waals surface area (Å²) in [6, 6.07) is 11.7. The van der Waals surface area contributed by atoms with Crippen LogP contribution in [0.2, 0.25) is 0 Å². The van der Waals surface area contributed by atoms with Crippen LogP contribution >= 0.6 is 0 Å². The monoisotopic (exact) mass is 418 g/mol. The van der Waals surface area contributed by atoms with E-state index in [4.69, 9.17) is 4.74 Å². The Hall–Kier alpha value is -2.75. The van der Waals surface area contributed by atoms with E-state index >= 15 is 0 Å². The molecule has 0 aliphatic carbocycles. The fraction of sp³-hybridized carbons (Fsp3) is 0.300. The molecule has 8 nitrogen and oxygen atoms in total. The minimum Gasteiger partial charge on any atom is -0.465 e. The quantitative estimate of drug-likeness (QED) is 0.538. The summed E-state index contributed by atoms with van der Waals surface area (Å²) < 4.78 is 37.1. The fourth-order valence-electron chi connectivity index (χ4n) is 2.90. The molecule has 0 bridgehead atoms. The molecular weight excluding hydrogens is 396 g/mol. The molecular formula is C20H22N2O6S. The molecule has 1 saturated heterocycles. The number of hydrogen-bond acceptors (Lipinski definition) is 7. The second kappa shape index (κ2) is 8.73. The molecule has 0 N–H and O–H groups in total. The molecule has 1 aliphatic heterocycles. The van der Waals surface area contributed by atoms with Crippen molar-refractivity contribution in [2.75, 3.05) is 40.3 Å². The Labute approximate surface area is 169 Å². The average molecular weight is 418 g/mol. The molecule has 3 rings (SSSR count). The van der Waals surface area contributed by atoms with E-state index in [1.165, 1.54) is 59.9 Å². The normalized spacial score (nSPS) is 15.7. The number of methoxy groups -OCH3 is 1. The van der Waals surface area contributed by atoms with Gasteiger partial charge in [0.05, 0.1) is 23.1 Å². The first kappa shape index (κ1) is 21.0. The highest BCUT2D eigenvalue weighted by Crippen LogP contribution is 2.20. The number of hydrogen-bond donors (Lipinski definition) is 0. The molecule has 2 aromatic rings. The van der Waals surface area contributed by atoms with Gasteiger partial charge in [-0.3, -0.25) is 0 Å². The van der Waals surface area contributed by atoms with E-state index in [0.717, 1.165) is 0 Å². The predicted octanol–water partition coefficient (Wildman–Crippen LogP) is 1.63. The summed E-state index contributed by atoms with van der Waals surface area (Å²) in [6.07, 6.45) is 0. The van der Waals surface area contributed by atoms with Crippen molar-refractivity contribution in [2.24, 2.45) is 0 Å². The average Bonchev–Trinajstić information content (AvgIpc) is 2.74. The number of likely N-dealkylation sites (N-methyl/N-ethyl adjacent to an activating group) is 1. The Balaban J connectivity index is 1.75. The van der Waals surface area contributed by atoms with Crippen LogP contribution in [0.15, 0.2) is 53.4 Å². The molecule has 0 saturated carbocycles. The second-order valence-electron chi connectivity index (χ2n) is 6.64. The van der Waals surface area contributed by atoms with Crippen molar-refractivity contribution >= 4 is 22.0 Å². The standard InChI is InChI=1S/C20H22N2O6S/c1-21-10-12-22(13-11-21)29(25,26)18-5-3-4-16(14-18)20(24)28-17-8-6-15(7-9-17)19(23)27-2/h3-9,14H,10-13H2,1-2H3. The van der Waals surface area contributed by atoms with Crippen molar-refractivity contribution < 1.29 is 27.5 Å². The Morgan fingerprint density at radius 2 is 1.55 bits per heavy atom. The zero-order chi connectivity index (χ0) is 21.0. The second-order valence-corrected chi connectivity index (χ2v) is 8.58. The molecule has 9 heteroatoms. The lowest BCUT2D eigenvalue weighted by atomic mass is 10.2. The zero-order valence-electron chi connectivity index (χ0n) is 16.2. The molecule has 0 aromatic heterocycles. The maximum Gasteiger partial charge on any atom is 0.343 e. The Bertz CT molecular complexity index is 996. The summed E-state index contributed by atoms with van der Waals surface area (Å²) in [5.74, 6) is -0.953. The summed E-state index contributed by atoms with van der Waals surface area (Å²) in [7, 11) is -0.465. The summed E-state index contributed by atoms with van der Waals surface area (Å²) in [5, 5.41) is 0. The maximum atomic E-state index is 12.9. The number of benzene rings is 2. The third kappa shape index (κ3) is 4.81. The van der Waals surface area contributed by atoms with Crippen LogP contribution in [0.25, 0.3) is 0 Å². The van der Waals surface area contributed by atoms with Crippen LogP contribution < -0.4 is 4.74 Å². The number of ether oxygens (including phenoxy) is 2. The van der Waals surface area contributed by atoms with Gasteiger partial charge in [0.25, 0.3) is 0 Å². The van der Waals surface area contributed by atoms with E-state index in [9.17, 15) is 18.0 Å². The van der Waals surface area contributed by atoms with Crippen molar-refractivity contribution in [2.45, 2.75) is 4.90 Å². The molecule has 1 heterocycles. The molecule has 154 valence electrons.